The first-order valence-corrected chi connectivity index (χ1v) is 6.76. The highest BCUT2D eigenvalue weighted by Gasteiger charge is 2.35. The zero-order chi connectivity index (χ0) is 11.2. The molecule has 0 radical (unpaired) electrons. The Hall–Kier alpha value is -1.28. The van der Waals surface area contributed by atoms with Crippen LogP contribution in [0.4, 0.5) is 5.69 Å². The van der Waals surface area contributed by atoms with Crippen molar-refractivity contribution in [3.05, 3.63) is 35.4 Å². The van der Waals surface area contributed by atoms with Gasteiger partial charge in [0.05, 0.1) is 6.04 Å². The molecule has 2 unspecified atom stereocenters. The number of rotatable bonds is 0. The molecule has 4 rings (SSSR count). The van der Waals surface area contributed by atoms with E-state index in [1.807, 2.05) is 0 Å². The highest BCUT2D eigenvalue weighted by atomic mass is 15.1. The summed E-state index contributed by atoms with van der Waals surface area (Å²) in [4.78, 5) is 0. The van der Waals surface area contributed by atoms with Gasteiger partial charge in [0.15, 0.2) is 0 Å². The van der Waals surface area contributed by atoms with Gasteiger partial charge in [-0.3, -0.25) is 0 Å². The quantitative estimate of drug-likeness (QED) is 0.711. The lowest BCUT2D eigenvalue weighted by molar-refractivity contribution is 0.438. The van der Waals surface area contributed by atoms with E-state index in [-0.39, 0.29) is 0 Å². The Kier molecular flexibility index (Phi) is 2.06. The van der Waals surface area contributed by atoms with Crippen LogP contribution in [0.15, 0.2) is 29.8 Å². The summed E-state index contributed by atoms with van der Waals surface area (Å²) >= 11 is 0. The molecule has 0 amide bonds. The van der Waals surface area contributed by atoms with Crippen LogP contribution in [0.5, 0.6) is 0 Å². The summed E-state index contributed by atoms with van der Waals surface area (Å²) in [5, 5.41) is 7.36. The first kappa shape index (κ1) is 9.72. The van der Waals surface area contributed by atoms with E-state index >= 15 is 0 Å². The third kappa shape index (κ3) is 1.37. The van der Waals surface area contributed by atoms with Gasteiger partial charge in [0.1, 0.15) is 0 Å². The number of nitrogens with one attached hydrogen (secondary N) is 2. The van der Waals surface area contributed by atoms with Crippen molar-refractivity contribution in [1.29, 1.82) is 0 Å². The predicted molar refractivity (Wildman–Crippen MR) is 71.0 cm³/mol. The third-order valence-electron chi connectivity index (χ3n) is 4.42. The molecule has 88 valence electrons. The molecule has 17 heavy (non-hydrogen) atoms. The van der Waals surface area contributed by atoms with Crippen molar-refractivity contribution in [3.8, 4) is 0 Å². The fraction of sp³-hybridized carbons (Fsp3) is 0.467. The molecule has 1 fully saturated rings. The Morgan fingerprint density at radius 2 is 2.00 bits per heavy atom. The number of benzene rings is 1. The van der Waals surface area contributed by atoms with Crippen LogP contribution < -0.4 is 10.6 Å². The molecule has 1 saturated carbocycles. The SMILES string of the molecule is c1ccc2c(c1)NC1CNC3CCCCC3=C21. The van der Waals surface area contributed by atoms with Crippen molar-refractivity contribution in [3.63, 3.8) is 0 Å². The van der Waals surface area contributed by atoms with E-state index in [1.54, 1.807) is 11.1 Å². The molecular weight excluding hydrogens is 208 g/mol. The van der Waals surface area contributed by atoms with Crippen LogP contribution in [-0.4, -0.2) is 18.6 Å². The number of anilines is 1. The first-order valence-electron chi connectivity index (χ1n) is 6.76. The van der Waals surface area contributed by atoms with Gasteiger partial charge >= 0.3 is 0 Å². The molecule has 1 aromatic rings. The number of hydrogen-bond donors (Lipinski definition) is 2. The molecule has 2 nitrogen and oxygen atoms in total. The molecule has 2 aliphatic heterocycles. The van der Waals surface area contributed by atoms with Gasteiger partial charge in [0, 0.05) is 23.8 Å². The van der Waals surface area contributed by atoms with Gasteiger partial charge in [-0.1, -0.05) is 24.6 Å². The van der Waals surface area contributed by atoms with Gasteiger partial charge in [-0.05, 0) is 36.5 Å². The standard InChI is InChI=1S/C15H18N2/c1-3-7-12-10(5-1)15-11-6-2-4-8-13(11)17-14(15)9-16-12/h2,4,6,8,12,14,16-17H,1,3,5,7,9H2. The monoisotopic (exact) mass is 226 g/mol. The maximum atomic E-state index is 3.71. The highest BCUT2D eigenvalue weighted by Crippen LogP contribution is 2.42. The van der Waals surface area contributed by atoms with Crippen LogP contribution >= 0.6 is 0 Å². The van der Waals surface area contributed by atoms with E-state index < -0.39 is 0 Å². The number of para-hydroxylation sites is 1. The van der Waals surface area contributed by atoms with Crippen LogP contribution in [0.2, 0.25) is 0 Å². The molecule has 1 aromatic carbocycles. The first-order chi connectivity index (χ1) is 8.43. The average molecular weight is 226 g/mol. The molecular formula is C15H18N2. The zero-order valence-electron chi connectivity index (χ0n) is 10.00. The van der Waals surface area contributed by atoms with Crippen LogP contribution in [0.25, 0.3) is 5.57 Å². The largest absolute Gasteiger partial charge is 0.376 e. The Bertz CT molecular complexity index is 489. The second-order valence-corrected chi connectivity index (χ2v) is 5.39. The normalized spacial score (nSPS) is 30.4. The number of hydrogen-bond acceptors (Lipinski definition) is 2. The summed E-state index contributed by atoms with van der Waals surface area (Å²) in [6, 6.07) is 9.94. The molecule has 2 heterocycles. The van der Waals surface area contributed by atoms with E-state index in [0.717, 1.165) is 6.54 Å². The van der Waals surface area contributed by atoms with Crippen LogP contribution in [0.3, 0.4) is 0 Å². The van der Waals surface area contributed by atoms with Gasteiger partial charge in [0.25, 0.3) is 0 Å². The summed E-state index contributed by atoms with van der Waals surface area (Å²) in [6.07, 6.45) is 5.37. The van der Waals surface area contributed by atoms with E-state index in [2.05, 4.69) is 34.9 Å². The van der Waals surface area contributed by atoms with Gasteiger partial charge in [0.2, 0.25) is 0 Å². The summed E-state index contributed by atoms with van der Waals surface area (Å²) in [5.74, 6) is 0. The molecule has 2 atom stereocenters. The van der Waals surface area contributed by atoms with Gasteiger partial charge < -0.3 is 10.6 Å². The minimum Gasteiger partial charge on any atom is -0.376 e. The van der Waals surface area contributed by atoms with Crippen LogP contribution in [0, 0.1) is 0 Å². The Morgan fingerprint density at radius 3 is 3.00 bits per heavy atom. The molecule has 2 N–H and O–H groups in total. The van der Waals surface area contributed by atoms with Gasteiger partial charge in [-0.25, -0.2) is 0 Å². The average Bonchev–Trinajstić information content (AvgIpc) is 2.77. The summed E-state index contributed by atoms with van der Waals surface area (Å²) in [5.41, 5.74) is 6.09. The lowest BCUT2D eigenvalue weighted by Gasteiger charge is -2.35. The Labute approximate surface area is 102 Å². The topological polar surface area (TPSA) is 24.1 Å². The molecule has 0 saturated heterocycles. The lowest BCUT2D eigenvalue weighted by Crippen LogP contribution is -2.45. The zero-order valence-corrected chi connectivity index (χ0v) is 10.00. The van der Waals surface area contributed by atoms with Crippen molar-refractivity contribution in [2.75, 3.05) is 11.9 Å². The number of fused-ring (bicyclic) bond motifs is 4. The second-order valence-electron chi connectivity index (χ2n) is 5.39. The molecule has 1 aliphatic carbocycles. The maximum Gasteiger partial charge on any atom is 0.0645 e. The minimum atomic E-state index is 0.511. The van der Waals surface area contributed by atoms with Crippen LogP contribution in [-0.2, 0) is 0 Å². The van der Waals surface area contributed by atoms with Crippen molar-refractivity contribution in [2.24, 2.45) is 0 Å². The fourth-order valence-corrected chi connectivity index (χ4v) is 3.66. The summed E-state index contributed by atoms with van der Waals surface area (Å²) < 4.78 is 0. The van der Waals surface area contributed by atoms with Crippen molar-refractivity contribution >= 4 is 11.3 Å². The van der Waals surface area contributed by atoms with E-state index in [1.165, 1.54) is 36.9 Å². The van der Waals surface area contributed by atoms with Gasteiger partial charge in [-0.2, -0.15) is 0 Å². The van der Waals surface area contributed by atoms with Crippen molar-refractivity contribution in [2.45, 2.75) is 37.8 Å². The predicted octanol–water partition coefficient (Wildman–Crippen LogP) is 2.78. The van der Waals surface area contributed by atoms with Crippen LogP contribution in [0.1, 0.15) is 31.2 Å². The lowest BCUT2D eigenvalue weighted by atomic mass is 9.80. The minimum absolute atomic E-state index is 0.511. The Morgan fingerprint density at radius 1 is 1.06 bits per heavy atom. The van der Waals surface area contributed by atoms with Crippen molar-refractivity contribution in [1.82, 2.24) is 5.32 Å². The smallest absolute Gasteiger partial charge is 0.0645 e. The molecule has 0 aromatic heterocycles. The highest BCUT2D eigenvalue weighted by molar-refractivity contribution is 5.89. The second kappa shape index (κ2) is 3.61. The maximum absolute atomic E-state index is 3.71. The van der Waals surface area contributed by atoms with E-state index in [9.17, 15) is 0 Å². The molecule has 0 bridgehead atoms. The van der Waals surface area contributed by atoms with Crippen molar-refractivity contribution < 1.29 is 0 Å². The molecule has 0 spiro atoms. The third-order valence-corrected chi connectivity index (χ3v) is 4.42. The summed E-state index contributed by atoms with van der Waals surface area (Å²) in [6.45, 7) is 1.08. The van der Waals surface area contributed by atoms with E-state index in [0.29, 0.717) is 12.1 Å². The molecule has 2 heteroatoms. The van der Waals surface area contributed by atoms with E-state index in [4.69, 9.17) is 0 Å². The molecule has 3 aliphatic rings. The Balaban J connectivity index is 1.88. The summed E-state index contributed by atoms with van der Waals surface area (Å²) in [7, 11) is 0. The van der Waals surface area contributed by atoms with Gasteiger partial charge in [-0.15, -0.1) is 0 Å². The fourth-order valence-electron chi connectivity index (χ4n) is 3.66.